The van der Waals surface area contributed by atoms with Crippen LogP contribution in [0.15, 0.2) is 7.54 Å². The van der Waals surface area contributed by atoms with Gasteiger partial charge in [-0.25, -0.2) is 0 Å². The monoisotopic (exact) mass is 148 g/mol. The Labute approximate surface area is 53.6 Å². The minimum Gasteiger partial charge on any atom is -0.127 e. The highest BCUT2D eigenvalue weighted by molar-refractivity contribution is 8.10. The van der Waals surface area contributed by atoms with Crippen LogP contribution in [0.1, 0.15) is 0 Å². The Balaban J connectivity index is 2.68. The van der Waals surface area contributed by atoms with E-state index in [0.29, 0.717) is 0 Å². The molecule has 1 aliphatic heterocycles. The summed E-state index contributed by atoms with van der Waals surface area (Å²) in [7, 11) is 0. The van der Waals surface area contributed by atoms with Crippen LogP contribution in [0.4, 0.5) is 0 Å². The largest absolute Gasteiger partial charge is 0.127 e. The van der Waals surface area contributed by atoms with Crippen LogP contribution < -0.4 is 0 Å². The third kappa shape index (κ3) is 2.02. The fourth-order valence-electron chi connectivity index (χ4n) is 0.121. The predicted molar refractivity (Wildman–Crippen MR) is 35.2 cm³/mol. The lowest BCUT2D eigenvalue weighted by molar-refractivity contribution is 2.05. The summed E-state index contributed by atoms with van der Waals surface area (Å²) < 4.78 is 7.49. The van der Waals surface area contributed by atoms with Gasteiger partial charge in [0.05, 0.1) is 35.3 Å². The third-order valence-corrected chi connectivity index (χ3v) is 1.92. The molecule has 2 nitrogen and oxygen atoms in total. The van der Waals surface area contributed by atoms with E-state index in [2.05, 4.69) is 18.0 Å². The summed E-state index contributed by atoms with van der Waals surface area (Å²) in [6, 6.07) is 0. The van der Waals surface area contributed by atoms with E-state index in [1.54, 1.807) is 0 Å². The van der Waals surface area contributed by atoms with E-state index in [0.717, 1.165) is 0 Å². The van der Waals surface area contributed by atoms with E-state index >= 15 is 0 Å². The fourth-order valence-corrected chi connectivity index (χ4v) is 1.34. The van der Waals surface area contributed by atoms with Crippen molar-refractivity contribution in [1.29, 1.82) is 0 Å². The summed E-state index contributed by atoms with van der Waals surface area (Å²) in [6.07, 6.45) is 0. The van der Waals surface area contributed by atoms with E-state index in [1.807, 2.05) is 0 Å². The quantitative estimate of drug-likeness (QED) is 0.385. The van der Waals surface area contributed by atoms with Gasteiger partial charge in [0.25, 0.3) is 0 Å². The normalized spacial score (nSPS) is 16.0. The summed E-state index contributed by atoms with van der Waals surface area (Å²) in [5.74, 6) is 0. The molecular formula is C2N2S3. The molecule has 0 unspecified atom stereocenters. The lowest BCUT2D eigenvalue weighted by Crippen LogP contribution is -1.33. The molecule has 0 aromatic heterocycles. The van der Waals surface area contributed by atoms with E-state index in [-0.39, 0.29) is 0 Å². The van der Waals surface area contributed by atoms with Gasteiger partial charge < -0.3 is 0 Å². The van der Waals surface area contributed by atoms with Crippen molar-refractivity contribution in [3.05, 3.63) is 0 Å². The molecule has 1 aliphatic rings. The molecule has 0 saturated heterocycles. The highest BCUT2D eigenvalue weighted by atomic mass is 32.2. The molecule has 0 amide bonds. The zero-order chi connectivity index (χ0) is 4.95. The molecule has 0 radical (unpaired) electrons. The highest BCUT2D eigenvalue weighted by Crippen LogP contribution is 2.06. The fraction of sp³-hybridized carbons (Fsp3) is 0. The van der Waals surface area contributed by atoms with Gasteiger partial charge in [-0.05, 0) is 0 Å². The van der Waals surface area contributed by atoms with Gasteiger partial charge in [-0.3, -0.25) is 0 Å². The number of nitrogens with zero attached hydrogens (tertiary/aromatic N) is 2. The summed E-state index contributed by atoms with van der Waals surface area (Å²) in [5.41, 5.74) is 0. The molecule has 0 fully saturated rings. The predicted octanol–water partition coefficient (Wildman–Crippen LogP) is 1.66. The smallest absolute Gasteiger partial charge is 0.0849 e. The van der Waals surface area contributed by atoms with Crippen LogP contribution in [0.2, 0.25) is 0 Å². The molecule has 0 bridgehead atoms. The average molecular weight is 148 g/mol. The third-order valence-electron chi connectivity index (χ3n) is 0.274. The first-order chi connectivity index (χ1) is 3.50. The van der Waals surface area contributed by atoms with Gasteiger partial charge in [-0.1, -0.05) is 0 Å². The molecule has 1 heterocycles. The zero-order valence-corrected chi connectivity index (χ0v) is 5.57. The van der Waals surface area contributed by atoms with Crippen LogP contribution in [0.3, 0.4) is 0 Å². The molecular weight excluding hydrogens is 148 g/mol. The maximum absolute atomic E-state index is 3.74. The first kappa shape index (κ1) is 5.22. The Morgan fingerprint density at radius 1 is 1.00 bits per heavy atom. The summed E-state index contributed by atoms with van der Waals surface area (Å²) >= 11 is 3.62. The maximum Gasteiger partial charge on any atom is 0.0849 e. The van der Waals surface area contributed by atoms with Crippen molar-refractivity contribution < 1.29 is 0 Å². The number of hydrogen-bond donors (Lipinski definition) is 0. The topological polar surface area (TPSA) is 24.7 Å². The van der Waals surface area contributed by atoms with Gasteiger partial charge in [-0.15, -0.1) is 7.54 Å². The van der Waals surface area contributed by atoms with Crippen molar-refractivity contribution in [3.63, 3.8) is 0 Å². The lowest BCUT2D eigenvalue weighted by atomic mass is 11.4. The van der Waals surface area contributed by atoms with Crippen LogP contribution in [0.25, 0.3) is 0 Å². The minimum absolute atomic E-state index is 1.17. The van der Waals surface area contributed by atoms with Crippen LogP contribution >= 0.6 is 23.9 Å². The second-order valence-electron chi connectivity index (χ2n) is 0.617. The molecule has 36 valence electrons. The van der Waals surface area contributed by atoms with Crippen molar-refractivity contribution >= 4 is 35.3 Å². The highest BCUT2D eigenvalue weighted by Gasteiger charge is 1.74. The summed E-state index contributed by atoms with van der Waals surface area (Å²) in [6.45, 7) is 0. The average Bonchev–Trinajstić information content (AvgIpc) is 1.90. The van der Waals surface area contributed by atoms with E-state index < -0.39 is 0 Å². The minimum atomic E-state index is 1.17. The second kappa shape index (κ2) is 3.13. The Morgan fingerprint density at radius 3 is 2.14 bits per heavy atom. The summed E-state index contributed by atoms with van der Waals surface area (Å²) in [4.78, 5) is 0. The zero-order valence-electron chi connectivity index (χ0n) is 3.12. The van der Waals surface area contributed by atoms with Crippen LogP contribution in [-0.2, 0) is 11.4 Å². The van der Waals surface area contributed by atoms with Crippen molar-refractivity contribution in [2.24, 2.45) is 7.54 Å². The molecule has 0 aromatic carbocycles. The van der Waals surface area contributed by atoms with Crippen LogP contribution in [-0.4, -0.2) is 0 Å². The maximum atomic E-state index is 3.74. The molecule has 0 aromatic rings. The van der Waals surface area contributed by atoms with Gasteiger partial charge in [0.1, 0.15) is 0 Å². The van der Waals surface area contributed by atoms with Gasteiger partial charge in [0, 0.05) is 10.5 Å². The van der Waals surface area contributed by atoms with Crippen molar-refractivity contribution in [2.75, 3.05) is 0 Å². The number of hydrogen-bond acceptors (Lipinski definition) is 4. The standard InChI is InChI=1S/C2N2S3/c1-2-6-4-7-3-5-1. The van der Waals surface area contributed by atoms with Crippen LogP contribution in [0, 0.1) is 10.5 Å². The summed E-state index contributed by atoms with van der Waals surface area (Å²) in [5, 5.41) is 5.39. The second-order valence-corrected chi connectivity index (χ2v) is 2.75. The van der Waals surface area contributed by atoms with Gasteiger partial charge in [0.2, 0.25) is 0 Å². The molecule has 5 heteroatoms. The van der Waals surface area contributed by atoms with Gasteiger partial charge in [-0.2, -0.15) is 0 Å². The molecule has 0 aliphatic carbocycles. The first-order valence-corrected chi connectivity index (χ1v) is 3.67. The Kier molecular flexibility index (Phi) is 2.33. The van der Waals surface area contributed by atoms with E-state index in [4.69, 9.17) is 0 Å². The Hall–Kier alpha value is 0.0800. The number of rotatable bonds is 0. The van der Waals surface area contributed by atoms with E-state index in [9.17, 15) is 0 Å². The van der Waals surface area contributed by atoms with Crippen molar-refractivity contribution in [1.82, 2.24) is 0 Å². The SMILES string of the molecule is C1#CSN=S=NS1. The Bertz CT molecular complexity index is 155. The lowest BCUT2D eigenvalue weighted by Gasteiger charge is -1.59. The first-order valence-electron chi connectivity index (χ1n) is 1.39. The molecule has 1 rings (SSSR count). The van der Waals surface area contributed by atoms with Gasteiger partial charge >= 0.3 is 0 Å². The van der Waals surface area contributed by atoms with Crippen LogP contribution in [0.5, 0.6) is 0 Å². The van der Waals surface area contributed by atoms with Gasteiger partial charge in [0.15, 0.2) is 0 Å². The molecule has 0 saturated carbocycles. The Morgan fingerprint density at radius 2 is 1.57 bits per heavy atom. The molecule has 0 atom stereocenters. The molecule has 7 heavy (non-hydrogen) atoms. The van der Waals surface area contributed by atoms with E-state index in [1.165, 1.54) is 35.3 Å². The molecule has 0 N–H and O–H groups in total. The van der Waals surface area contributed by atoms with Crippen molar-refractivity contribution in [3.8, 4) is 10.5 Å². The molecule has 0 spiro atoms. The van der Waals surface area contributed by atoms with Crippen molar-refractivity contribution in [2.45, 2.75) is 0 Å².